The predicted molar refractivity (Wildman–Crippen MR) is 76.2 cm³/mol. The van der Waals surface area contributed by atoms with E-state index in [9.17, 15) is 4.79 Å². The minimum Gasteiger partial charge on any atom is -0.345 e. The molecule has 0 radical (unpaired) electrons. The molecule has 0 aliphatic rings. The van der Waals surface area contributed by atoms with Crippen LogP contribution in [0.15, 0.2) is 48.7 Å². The number of hydrogen-bond donors (Lipinski definition) is 1. The third-order valence-corrected chi connectivity index (χ3v) is 3.13. The second-order valence-electron chi connectivity index (χ2n) is 4.21. The van der Waals surface area contributed by atoms with Crippen LogP contribution in [0.4, 0.5) is 0 Å². The van der Waals surface area contributed by atoms with E-state index in [2.05, 4.69) is 10.3 Å². The van der Waals surface area contributed by atoms with Crippen molar-refractivity contribution >= 4 is 17.5 Å². The molecule has 0 spiro atoms. The number of amides is 1. The Morgan fingerprint density at radius 1 is 1.26 bits per heavy atom. The Balaban J connectivity index is 2.10. The second kappa shape index (κ2) is 6.34. The summed E-state index contributed by atoms with van der Waals surface area (Å²) in [5.41, 5.74) is 1.61. The summed E-state index contributed by atoms with van der Waals surface area (Å²) in [4.78, 5) is 16.0. The maximum atomic E-state index is 12.1. The van der Waals surface area contributed by atoms with Gasteiger partial charge in [0.2, 0.25) is 0 Å². The van der Waals surface area contributed by atoms with Gasteiger partial charge in [-0.3, -0.25) is 4.79 Å². The second-order valence-corrected chi connectivity index (χ2v) is 4.60. The van der Waals surface area contributed by atoms with Gasteiger partial charge < -0.3 is 5.32 Å². The Labute approximate surface area is 117 Å². The summed E-state index contributed by atoms with van der Waals surface area (Å²) in [6.45, 7) is 2.04. The molecule has 0 bridgehead atoms. The average molecular weight is 275 g/mol. The number of pyridine rings is 1. The van der Waals surface area contributed by atoms with Gasteiger partial charge in [-0.2, -0.15) is 0 Å². The Morgan fingerprint density at radius 2 is 2.00 bits per heavy atom. The first-order valence-corrected chi connectivity index (χ1v) is 6.56. The standard InChI is InChI=1S/C15H15ClN2O/c1-2-13(11-6-4-3-5-7-11)18-15(19)12-8-9-14(16)17-10-12/h3-10,13H,2H2,1H3,(H,18,19). The smallest absolute Gasteiger partial charge is 0.253 e. The topological polar surface area (TPSA) is 42.0 Å². The van der Waals surface area contributed by atoms with Crippen LogP contribution in [0.2, 0.25) is 5.15 Å². The van der Waals surface area contributed by atoms with Gasteiger partial charge in [-0.15, -0.1) is 0 Å². The van der Waals surface area contributed by atoms with E-state index in [1.165, 1.54) is 6.20 Å². The van der Waals surface area contributed by atoms with Crippen LogP contribution in [0, 0.1) is 0 Å². The van der Waals surface area contributed by atoms with Gasteiger partial charge in [0, 0.05) is 6.20 Å². The summed E-state index contributed by atoms with van der Waals surface area (Å²) in [7, 11) is 0. The van der Waals surface area contributed by atoms with E-state index in [4.69, 9.17) is 11.6 Å². The molecule has 3 nitrogen and oxygen atoms in total. The zero-order valence-corrected chi connectivity index (χ0v) is 11.4. The average Bonchev–Trinajstić information content (AvgIpc) is 2.46. The molecule has 0 saturated carbocycles. The van der Waals surface area contributed by atoms with Crippen molar-refractivity contribution in [1.82, 2.24) is 10.3 Å². The minimum absolute atomic E-state index is 0.00405. The van der Waals surface area contributed by atoms with Crippen molar-refractivity contribution in [1.29, 1.82) is 0 Å². The summed E-state index contributed by atoms with van der Waals surface area (Å²) in [6.07, 6.45) is 2.31. The maximum Gasteiger partial charge on any atom is 0.253 e. The van der Waals surface area contributed by atoms with Gasteiger partial charge in [-0.1, -0.05) is 48.9 Å². The van der Waals surface area contributed by atoms with Gasteiger partial charge in [0.25, 0.3) is 5.91 Å². The molecule has 98 valence electrons. The fraction of sp³-hybridized carbons (Fsp3) is 0.200. The Bertz CT molecular complexity index is 540. The highest BCUT2D eigenvalue weighted by atomic mass is 35.5. The van der Waals surface area contributed by atoms with Crippen molar-refractivity contribution in [2.24, 2.45) is 0 Å². The van der Waals surface area contributed by atoms with Crippen molar-refractivity contribution in [2.45, 2.75) is 19.4 Å². The maximum absolute atomic E-state index is 12.1. The normalized spacial score (nSPS) is 11.9. The van der Waals surface area contributed by atoms with E-state index >= 15 is 0 Å². The van der Waals surface area contributed by atoms with Crippen molar-refractivity contribution in [2.75, 3.05) is 0 Å². The number of hydrogen-bond acceptors (Lipinski definition) is 2. The van der Waals surface area contributed by atoms with Gasteiger partial charge >= 0.3 is 0 Å². The zero-order chi connectivity index (χ0) is 13.7. The van der Waals surface area contributed by atoms with Gasteiger partial charge in [0.1, 0.15) is 5.15 Å². The summed E-state index contributed by atoms with van der Waals surface area (Å²) < 4.78 is 0. The molecule has 0 fully saturated rings. The zero-order valence-electron chi connectivity index (χ0n) is 10.6. The van der Waals surface area contributed by atoms with Crippen molar-refractivity contribution in [3.8, 4) is 0 Å². The third-order valence-electron chi connectivity index (χ3n) is 2.91. The van der Waals surface area contributed by atoms with Gasteiger partial charge in [-0.25, -0.2) is 4.98 Å². The molecule has 1 aromatic heterocycles. The van der Waals surface area contributed by atoms with E-state index in [1.807, 2.05) is 37.3 Å². The van der Waals surface area contributed by atoms with Crippen molar-refractivity contribution in [3.63, 3.8) is 0 Å². The predicted octanol–water partition coefficient (Wildman–Crippen LogP) is 3.62. The number of benzene rings is 1. The van der Waals surface area contributed by atoms with Crippen LogP contribution in [0.3, 0.4) is 0 Å². The molecule has 1 atom stereocenters. The Kier molecular flexibility index (Phi) is 4.53. The lowest BCUT2D eigenvalue weighted by Crippen LogP contribution is -2.28. The number of nitrogens with one attached hydrogen (secondary N) is 1. The van der Waals surface area contributed by atoms with Crippen LogP contribution in [0.5, 0.6) is 0 Å². The van der Waals surface area contributed by atoms with E-state index in [0.29, 0.717) is 10.7 Å². The fourth-order valence-corrected chi connectivity index (χ4v) is 1.97. The molecule has 19 heavy (non-hydrogen) atoms. The molecule has 0 aliphatic carbocycles. The first-order chi connectivity index (χ1) is 9.20. The molecule has 2 rings (SSSR count). The molecule has 0 saturated heterocycles. The lowest BCUT2D eigenvalue weighted by Gasteiger charge is -2.17. The molecule has 1 heterocycles. The fourth-order valence-electron chi connectivity index (χ4n) is 1.86. The highest BCUT2D eigenvalue weighted by Gasteiger charge is 2.13. The van der Waals surface area contributed by atoms with E-state index in [0.717, 1.165) is 12.0 Å². The molecular formula is C15H15ClN2O. The van der Waals surface area contributed by atoms with E-state index in [-0.39, 0.29) is 11.9 Å². The minimum atomic E-state index is -0.139. The van der Waals surface area contributed by atoms with E-state index in [1.54, 1.807) is 12.1 Å². The molecule has 0 aliphatic heterocycles. The van der Waals surface area contributed by atoms with Crippen molar-refractivity contribution in [3.05, 3.63) is 64.9 Å². The first kappa shape index (κ1) is 13.6. The molecule has 1 aromatic carbocycles. The van der Waals surface area contributed by atoms with Crippen LogP contribution in [-0.4, -0.2) is 10.9 Å². The molecular weight excluding hydrogens is 260 g/mol. The van der Waals surface area contributed by atoms with Gasteiger partial charge in [0.05, 0.1) is 11.6 Å². The van der Waals surface area contributed by atoms with Crippen LogP contribution in [-0.2, 0) is 0 Å². The lowest BCUT2D eigenvalue weighted by molar-refractivity contribution is 0.0935. The van der Waals surface area contributed by atoms with Crippen LogP contribution in [0.1, 0.15) is 35.3 Å². The number of aromatic nitrogens is 1. The highest BCUT2D eigenvalue weighted by molar-refractivity contribution is 6.29. The lowest BCUT2D eigenvalue weighted by atomic mass is 10.0. The first-order valence-electron chi connectivity index (χ1n) is 6.18. The summed E-state index contributed by atoms with van der Waals surface area (Å²) >= 11 is 5.70. The highest BCUT2D eigenvalue weighted by Crippen LogP contribution is 2.16. The van der Waals surface area contributed by atoms with Gasteiger partial charge in [0.15, 0.2) is 0 Å². The molecule has 1 unspecified atom stereocenters. The number of nitrogens with zero attached hydrogens (tertiary/aromatic N) is 1. The monoisotopic (exact) mass is 274 g/mol. The van der Waals surface area contributed by atoms with Crippen LogP contribution in [0.25, 0.3) is 0 Å². The number of halogens is 1. The molecule has 1 N–H and O–H groups in total. The molecule has 1 amide bonds. The Hall–Kier alpha value is -1.87. The van der Waals surface area contributed by atoms with Crippen LogP contribution < -0.4 is 5.32 Å². The van der Waals surface area contributed by atoms with Crippen molar-refractivity contribution < 1.29 is 4.79 Å². The molecule has 4 heteroatoms. The largest absolute Gasteiger partial charge is 0.345 e. The number of rotatable bonds is 4. The summed E-state index contributed by atoms with van der Waals surface area (Å²) in [6, 6.07) is 13.2. The summed E-state index contributed by atoms with van der Waals surface area (Å²) in [5, 5.41) is 3.38. The number of carbonyl (C=O) groups is 1. The van der Waals surface area contributed by atoms with E-state index < -0.39 is 0 Å². The molecule has 2 aromatic rings. The summed E-state index contributed by atoms with van der Waals surface area (Å²) in [5.74, 6) is -0.139. The Morgan fingerprint density at radius 3 is 2.58 bits per heavy atom. The van der Waals surface area contributed by atoms with Crippen LogP contribution >= 0.6 is 11.6 Å². The SMILES string of the molecule is CCC(NC(=O)c1ccc(Cl)nc1)c1ccccc1. The quantitative estimate of drug-likeness (QED) is 0.866. The van der Waals surface area contributed by atoms with Gasteiger partial charge in [-0.05, 0) is 24.1 Å². The third kappa shape index (κ3) is 3.55. The number of carbonyl (C=O) groups excluding carboxylic acids is 1.